The maximum Gasteiger partial charge on any atom is 0.328 e. The Morgan fingerprint density at radius 3 is 2.90 bits per heavy atom. The Morgan fingerprint density at radius 1 is 1.70 bits per heavy atom. The molecule has 0 saturated heterocycles. The molecular weight excluding hydrogens is 150 g/mol. The summed E-state index contributed by atoms with van der Waals surface area (Å²) in [5.41, 5.74) is 5.21. The summed E-state index contributed by atoms with van der Waals surface area (Å²) in [4.78, 5) is 9.91. The Bertz CT molecular complexity index is 125. The van der Waals surface area contributed by atoms with E-state index in [-0.39, 0.29) is 0 Å². The van der Waals surface area contributed by atoms with Crippen molar-refractivity contribution < 1.29 is 9.90 Å². The molecular formula is C6H11NO2S. The smallest absolute Gasteiger partial charge is 0.328 e. The summed E-state index contributed by atoms with van der Waals surface area (Å²) in [5.74, 6) is 0.710. The van der Waals surface area contributed by atoms with Gasteiger partial charge in [0.05, 0.1) is 0 Å². The molecule has 0 aromatic carbocycles. The third-order valence-electron chi connectivity index (χ3n) is 0.737. The highest BCUT2D eigenvalue weighted by Gasteiger charge is 1.84. The average Bonchev–Trinajstić information content (AvgIpc) is 1.87. The number of carboxylic acid groups (broad SMARTS) is 1. The van der Waals surface area contributed by atoms with Crippen LogP contribution in [0.3, 0.4) is 0 Å². The molecule has 3 N–H and O–H groups in total. The summed E-state index contributed by atoms with van der Waals surface area (Å²) in [7, 11) is 0. The molecule has 3 nitrogen and oxygen atoms in total. The fourth-order valence-corrected chi connectivity index (χ4v) is 0.949. The lowest BCUT2D eigenvalue weighted by molar-refractivity contribution is -0.131. The van der Waals surface area contributed by atoms with Gasteiger partial charge in [-0.1, -0.05) is 6.08 Å². The van der Waals surface area contributed by atoms with Gasteiger partial charge in [-0.05, 0) is 0 Å². The van der Waals surface area contributed by atoms with Crippen molar-refractivity contribution in [2.45, 2.75) is 0 Å². The van der Waals surface area contributed by atoms with Crippen LogP contribution >= 0.6 is 11.8 Å². The average molecular weight is 161 g/mol. The highest BCUT2D eigenvalue weighted by molar-refractivity contribution is 7.99. The van der Waals surface area contributed by atoms with Gasteiger partial charge in [-0.3, -0.25) is 0 Å². The van der Waals surface area contributed by atoms with Crippen LogP contribution in [0.15, 0.2) is 12.2 Å². The Balaban J connectivity index is 3.10. The number of aliphatic carboxylic acids is 1. The molecule has 0 heterocycles. The van der Waals surface area contributed by atoms with E-state index in [0.29, 0.717) is 6.54 Å². The summed E-state index contributed by atoms with van der Waals surface area (Å²) in [6.07, 6.45) is 2.76. The first-order chi connectivity index (χ1) is 4.77. The van der Waals surface area contributed by atoms with Crippen molar-refractivity contribution in [2.24, 2.45) is 5.73 Å². The molecule has 0 rings (SSSR count). The van der Waals surface area contributed by atoms with Crippen molar-refractivity contribution in [1.82, 2.24) is 0 Å². The Kier molecular flexibility index (Phi) is 6.32. The van der Waals surface area contributed by atoms with Crippen LogP contribution in [0.25, 0.3) is 0 Å². The van der Waals surface area contributed by atoms with Crippen molar-refractivity contribution in [1.29, 1.82) is 0 Å². The first-order valence-electron chi connectivity index (χ1n) is 2.94. The second-order valence-electron chi connectivity index (χ2n) is 1.60. The van der Waals surface area contributed by atoms with Gasteiger partial charge in [0, 0.05) is 24.1 Å². The quantitative estimate of drug-likeness (QED) is 0.450. The largest absolute Gasteiger partial charge is 0.478 e. The summed E-state index contributed by atoms with van der Waals surface area (Å²) in [6.45, 7) is 0.644. The minimum atomic E-state index is -0.895. The third-order valence-corrected chi connectivity index (χ3v) is 1.69. The number of thioether (sulfide) groups is 1. The van der Waals surface area contributed by atoms with Gasteiger partial charge < -0.3 is 10.8 Å². The van der Waals surface area contributed by atoms with Crippen LogP contribution in [0.1, 0.15) is 0 Å². The lowest BCUT2D eigenvalue weighted by atomic mass is 10.5. The summed E-state index contributed by atoms with van der Waals surface area (Å²) in [5, 5.41) is 8.15. The zero-order chi connectivity index (χ0) is 7.82. The maximum atomic E-state index is 9.91. The van der Waals surface area contributed by atoms with Crippen molar-refractivity contribution in [2.75, 3.05) is 18.1 Å². The van der Waals surface area contributed by atoms with Crippen LogP contribution in [0, 0.1) is 0 Å². The Labute approximate surface area is 64.3 Å². The fourth-order valence-electron chi connectivity index (χ4n) is 0.384. The molecule has 0 saturated carbocycles. The lowest BCUT2D eigenvalue weighted by Gasteiger charge is -1.90. The van der Waals surface area contributed by atoms with E-state index in [1.54, 1.807) is 17.8 Å². The van der Waals surface area contributed by atoms with Gasteiger partial charge in [0.25, 0.3) is 0 Å². The second kappa shape index (κ2) is 6.64. The van der Waals surface area contributed by atoms with Crippen LogP contribution in [-0.4, -0.2) is 29.1 Å². The lowest BCUT2D eigenvalue weighted by Crippen LogP contribution is -2.01. The topological polar surface area (TPSA) is 63.3 Å². The standard InChI is InChI=1S/C6H11NO2S/c7-3-5-10-4-1-2-6(8)9/h1-2H,3-5,7H2,(H,8,9). The first kappa shape index (κ1) is 9.52. The van der Waals surface area contributed by atoms with E-state index in [0.717, 1.165) is 17.6 Å². The molecule has 0 unspecified atom stereocenters. The van der Waals surface area contributed by atoms with Crippen LogP contribution in [0.5, 0.6) is 0 Å². The second-order valence-corrected chi connectivity index (χ2v) is 2.75. The van der Waals surface area contributed by atoms with E-state index in [1.807, 2.05) is 0 Å². The number of carboxylic acids is 1. The number of rotatable bonds is 5. The molecule has 0 aliphatic heterocycles. The molecule has 0 aliphatic carbocycles. The van der Waals surface area contributed by atoms with Crippen molar-refractivity contribution in [3.63, 3.8) is 0 Å². The molecule has 0 spiro atoms. The van der Waals surface area contributed by atoms with Gasteiger partial charge in [0.1, 0.15) is 0 Å². The minimum Gasteiger partial charge on any atom is -0.478 e. The van der Waals surface area contributed by atoms with E-state index in [4.69, 9.17) is 10.8 Å². The predicted octanol–water partition coefficient (Wildman–Crippen LogP) is 0.319. The molecule has 10 heavy (non-hydrogen) atoms. The zero-order valence-corrected chi connectivity index (χ0v) is 6.43. The summed E-state index contributed by atoms with van der Waals surface area (Å²) >= 11 is 1.62. The van der Waals surface area contributed by atoms with Crippen LogP contribution in [0.2, 0.25) is 0 Å². The molecule has 0 aromatic rings. The molecule has 0 fully saturated rings. The Morgan fingerprint density at radius 2 is 2.40 bits per heavy atom. The predicted molar refractivity (Wildman–Crippen MR) is 43.2 cm³/mol. The van der Waals surface area contributed by atoms with E-state index in [9.17, 15) is 4.79 Å². The number of hydrogen-bond donors (Lipinski definition) is 2. The van der Waals surface area contributed by atoms with E-state index in [1.165, 1.54) is 0 Å². The zero-order valence-electron chi connectivity index (χ0n) is 5.62. The molecule has 4 heteroatoms. The molecule has 0 bridgehead atoms. The van der Waals surface area contributed by atoms with E-state index in [2.05, 4.69) is 0 Å². The van der Waals surface area contributed by atoms with Gasteiger partial charge >= 0.3 is 5.97 Å². The summed E-state index contributed by atoms with van der Waals surface area (Å²) in [6, 6.07) is 0. The molecule has 0 aromatic heterocycles. The third kappa shape index (κ3) is 7.52. The highest BCUT2D eigenvalue weighted by Crippen LogP contribution is 1.96. The monoisotopic (exact) mass is 161 g/mol. The van der Waals surface area contributed by atoms with E-state index < -0.39 is 5.97 Å². The number of nitrogens with two attached hydrogens (primary N) is 1. The molecule has 58 valence electrons. The van der Waals surface area contributed by atoms with Crippen molar-refractivity contribution in [3.8, 4) is 0 Å². The van der Waals surface area contributed by atoms with Gasteiger partial charge in [-0.15, -0.1) is 0 Å². The van der Waals surface area contributed by atoms with Crippen LogP contribution < -0.4 is 5.73 Å². The van der Waals surface area contributed by atoms with Gasteiger partial charge in [0.2, 0.25) is 0 Å². The van der Waals surface area contributed by atoms with E-state index >= 15 is 0 Å². The van der Waals surface area contributed by atoms with Crippen LogP contribution in [-0.2, 0) is 4.79 Å². The number of carbonyl (C=O) groups is 1. The first-order valence-corrected chi connectivity index (χ1v) is 4.10. The molecule has 0 amide bonds. The highest BCUT2D eigenvalue weighted by atomic mass is 32.2. The van der Waals surface area contributed by atoms with Crippen molar-refractivity contribution in [3.05, 3.63) is 12.2 Å². The molecule has 0 atom stereocenters. The van der Waals surface area contributed by atoms with Gasteiger partial charge in [0.15, 0.2) is 0 Å². The minimum absolute atomic E-state index is 0.644. The van der Waals surface area contributed by atoms with Crippen molar-refractivity contribution >= 4 is 17.7 Å². The maximum absolute atomic E-state index is 9.91. The SMILES string of the molecule is NCCSCC=CC(=O)O. The van der Waals surface area contributed by atoms with Gasteiger partial charge in [-0.2, -0.15) is 11.8 Å². The fraction of sp³-hybridized carbons (Fsp3) is 0.500. The molecule has 0 radical (unpaired) electrons. The molecule has 0 aliphatic rings. The number of hydrogen-bond acceptors (Lipinski definition) is 3. The summed E-state index contributed by atoms with van der Waals surface area (Å²) < 4.78 is 0. The van der Waals surface area contributed by atoms with Crippen LogP contribution in [0.4, 0.5) is 0 Å². The normalized spacial score (nSPS) is 10.5. The Hall–Kier alpha value is -0.480. The van der Waals surface area contributed by atoms with Gasteiger partial charge in [-0.25, -0.2) is 4.79 Å².